The third-order valence-electron chi connectivity index (χ3n) is 3.03. The van der Waals surface area contributed by atoms with E-state index in [0.717, 1.165) is 12.1 Å². The summed E-state index contributed by atoms with van der Waals surface area (Å²) < 4.78 is 37.1. The summed E-state index contributed by atoms with van der Waals surface area (Å²) in [5.74, 6) is 0. The van der Waals surface area contributed by atoms with Crippen molar-refractivity contribution in [2.45, 2.75) is 38.1 Å². The van der Waals surface area contributed by atoms with E-state index in [2.05, 4.69) is 0 Å². The zero-order valence-corrected chi connectivity index (χ0v) is 9.97. The van der Waals surface area contributed by atoms with E-state index in [1.165, 1.54) is 19.1 Å². The quantitative estimate of drug-likeness (QED) is 0.844. The molecule has 0 saturated carbocycles. The SMILES string of the molecule is CC(C)(N)C(C)(O)c1ccc(C(F)(F)F)cc1. The standard InChI is InChI=1S/C12H16F3NO/c1-10(2,16)11(3,17)8-4-6-9(7-5-8)12(13,14)15/h4-7,17H,16H2,1-3H3. The molecule has 0 heterocycles. The first kappa shape index (κ1) is 14.0. The minimum atomic E-state index is -4.37. The predicted octanol–water partition coefficient (Wildman–Crippen LogP) is 2.65. The van der Waals surface area contributed by atoms with Gasteiger partial charge in [-0.2, -0.15) is 13.2 Å². The van der Waals surface area contributed by atoms with Gasteiger partial charge in [0, 0.05) is 5.54 Å². The first-order chi connectivity index (χ1) is 7.46. The molecule has 0 aliphatic heterocycles. The Morgan fingerprint density at radius 3 is 1.59 bits per heavy atom. The lowest BCUT2D eigenvalue weighted by atomic mass is 9.79. The number of hydrogen-bond acceptors (Lipinski definition) is 2. The highest BCUT2D eigenvalue weighted by atomic mass is 19.4. The number of rotatable bonds is 2. The van der Waals surface area contributed by atoms with E-state index < -0.39 is 22.9 Å². The van der Waals surface area contributed by atoms with E-state index in [1.807, 2.05) is 0 Å². The fourth-order valence-electron chi connectivity index (χ4n) is 1.36. The monoisotopic (exact) mass is 247 g/mol. The molecule has 0 amide bonds. The molecular weight excluding hydrogens is 231 g/mol. The molecule has 0 saturated heterocycles. The Labute approximate surface area is 98.3 Å². The zero-order valence-electron chi connectivity index (χ0n) is 9.97. The lowest BCUT2D eigenvalue weighted by molar-refractivity contribution is -0.137. The molecule has 0 fully saturated rings. The summed E-state index contributed by atoms with van der Waals surface area (Å²) in [4.78, 5) is 0. The van der Waals surface area contributed by atoms with Crippen LogP contribution in [0.3, 0.4) is 0 Å². The molecule has 3 N–H and O–H groups in total. The third-order valence-corrected chi connectivity index (χ3v) is 3.03. The average molecular weight is 247 g/mol. The Bertz CT molecular complexity index is 388. The molecule has 1 rings (SSSR count). The number of alkyl halides is 3. The summed E-state index contributed by atoms with van der Waals surface area (Å²) in [7, 11) is 0. The third kappa shape index (κ3) is 2.79. The molecule has 1 aromatic carbocycles. The van der Waals surface area contributed by atoms with Gasteiger partial charge in [-0.25, -0.2) is 0 Å². The molecule has 0 aromatic heterocycles. The van der Waals surface area contributed by atoms with Crippen molar-refractivity contribution >= 4 is 0 Å². The van der Waals surface area contributed by atoms with Gasteiger partial charge in [0.1, 0.15) is 5.60 Å². The Morgan fingerprint density at radius 2 is 1.29 bits per heavy atom. The number of hydrogen-bond donors (Lipinski definition) is 2. The minimum Gasteiger partial charge on any atom is -0.384 e. The lowest BCUT2D eigenvalue weighted by Gasteiger charge is -2.37. The van der Waals surface area contributed by atoms with Gasteiger partial charge < -0.3 is 10.8 Å². The maximum atomic E-state index is 12.4. The average Bonchev–Trinajstić information content (AvgIpc) is 2.15. The van der Waals surface area contributed by atoms with Crippen LogP contribution in [-0.2, 0) is 11.8 Å². The van der Waals surface area contributed by atoms with Crippen molar-refractivity contribution in [3.8, 4) is 0 Å². The number of halogens is 3. The molecule has 96 valence electrons. The van der Waals surface area contributed by atoms with E-state index in [0.29, 0.717) is 5.56 Å². The van der Waals surface area contributed by atoms with E-state index in [-0.39, 0.29) is 0 Å². The minimum absolute atomic E-state index is 0.359. The summed E-state index contributed by atoms with van der Waals surface area (Å²) in [5, 5.41) is 10.2. The molecule has 0 radical (unpaired) electrons. The molecule has 0 spiro atoms. The van der Waals surface area contributed by atoms with Crippen molar-refractivity contribution in [1.29, 1.82) is 0 Å². The first-order valence-electron chi connectivity index (χ1n) is 5.15. The van der Waals surface area contributed by atoms with E-state index in [4.69, 9.17) is 5.73 Å². The highest BCUT2D eigenvalue weighted by molar-refractivity contribution is 5.30. The largest absolute Gasteiger partial charge is 0.416 e. The number of nitrogens with two attached hydrogens (primary N) is 1. The Balaban J connectivity index is 3.12. The Kier molecular flexibility index (Phi) is 3.29. The van der Waals surface area contributed by atoms with Crippen LogP contribution in [0.15, 0.2) is 24.3 Å². The molecule has 1 atom stereocenters. The van der Waals surface area contributed by atoms with E-state index in [1.54, 1.807) is 13.8 Å². The van der Waals surface area contributed by atoms with Gasteiger partial charge in [-0.05, 0) is 38.5 Å². The molecule has 5 heteroatoms. The Hall–Kier alpha value is -1.07. The summed E-state index contributed by atoms with van der Waals surface area (Å²) in [5.41, 5.74) is 3.07. The Morgan fingerprint density at radius 1 is 0.941 bits per heavy atom. The zero-order chi connectivity index (χ0) is 13.5. The first-order valence-corrected chi connectivity index (χ1v) is 5.15. The summed E-state index contributed by atoms with van der Waals surface area (Å²) in [6.07, 6.45) is -4.37. The van der Waals surface area contributed by atoms with Gasteiger partial charge in [-0.15, -0.1) is 0 Å². The molecule has 0 bridgehead atoms. The van der Waals surface area contributed by atoms with Gasteiger partial charge in [0.2, 0.25) is 0 Å². The second kappa shape index (κ2) is 3.99. The van der Waals surface area contributed by atoms with Crippen LogP contribution in [-0.4, -0.2) is 10.6 Å². The van der Waals surface area contributed by atoms with Crippen LogP contribution in [0.2, 0.25) is 0 Å². The number of aliphatic hydroxyl groups is 1. The van der Waals surface area contributed by atoms with Crippen molar-refractivity contribution in [3.63, 3.8) is 0 Å². The van der Waals surface area contributed by atoms with Gasteiger partial charge in [0.15, 0.2) is 0 Å². The molecule has 0 aliphatic carbocycles. The van der Waals surface area contributed by atoms with E-state index >= 15 is 0 Å². The van der Waals surface area contributed by atoms with Crippen molar-refractivity contribution in [3.05, 3.63) is 35.4 Å². The van der Waals surface area contributed by atoms with Crippen LogP contribution >= 0.6 is 0 Å². The topological polar surface area (TPSA) is 46.2 Å². The van der Waals surface area contributed by atoms with Crippen molar-refractivity contribution in [1.82, 2.24) is 0 Å². The van der Waals surface area contributed by atoms with Crippen LogP contribution in [0, 0.1) is 0 Å². The van der Waals surface area contributed by atoms with Crippen molar-refractivity contribution < 1.29 is 18.3 Å². The van der Waals surface area contributed by atoms with Gasteiger partial charge >= 0.3 is 6.18 Å². The second-order valence-electron chi connectivity index (χ2n) is 4.87. The van der Waals surface area contributed by atoms with Crippen molar-refractivity contribution in [2.24, 2.45) is 5.73 Å². The summed E-state index contributed by atoms with van der Waals surface area (Å²) >= 11 is 0. The van der Waals surface area contributed by atoms with Gasteiger partial charge in [0.25, 0.3) is 0 Å². The maximum Gasteiger partial charge on any atom is 0.416 e. The molecule has 17 heavy (non-hydrogen) atoms. The van der Waals surface area contributed by atoms with Crippen molar-refractivity contribution in [2.75, 3.05) is 0 Å². The fraction of sp³-hybridized carbons (Fsp3) is 0.500. The highest BCUT2D eigenvalue weighted by Gasteiger charge is 2.38. The van der Waals surface area contributed by atoms with Crippen LogP contribution in [0.1, 0.15) is 31.9 Å². The molecule has 1 unspecified atom stereocenters. The normalized spacial score (nSPS) is 16.7. The van der Waals surface area contributed by atoms with Crippen LogP contribution in [0.5, 0.6) is 0 Å². The fourth-order valence-corrected chi connectivity index (χ4v) is 1.36. The van der Waals surface area contributed by atoms with Crippen LogP contribution in [0.4, 0.5) is 13.2 Å². The van der Waals surface area contributed by atoms with E-state index in [9.17, 15) is 18.3 Å². The predicted molar refractivity (Wildman–Crippen MR) is 59.3 cm³/mol. The molecule has 1 aromatic rings. The lowest BCUT2D eigenvalue weighted by Crippen LogP contribution is -2.52. The molecule has 2 nitrogen and oxygen atoms in total. The van der Waals surface area contributed by atoms with Crippen LogP contribution < -0.4 is 5.73 Å². The van der Waals surface area contributed by atoms with Gasteiger partial charge in [0.05, 0.1) is 5.56 Å². The highest BCUT2D eigenvalue weighted by Crippen LogP contribution is 2.34. The smallest absolute Gasteiger partial charge is 0.384 e. The maximum absolute atomic E-state index is 12.4. The molecule has 0 aliphatic rings. The summed E-state index contributed by atoms with van der Waals surface area (Å²) in [6.45, 7) is 4.71. The number of benzene rings is 1. The summed E-state index contributed by atoms with van der Waals surface area (Å²) in [6, 6.07) is 4.37. The van der Waals surface area contributed by atoms with Gasteiger partial charge in [-0.1, -0.05) is 12.1 Å². The van der Waals surface area contributed by atoms with Crippen LogP contribution in [0.25, 0.3) is 0 Å². The van der Waals surface area contributed by atoms with Gasteiger partial charge in [-0.3, -0.25) is 0 Å². The second-order valence-corrected chi connectivity index (χ2v) is 4.87. The molecular formula is C12H16F3NO.